The zero-order chi connectivity index (χ0) is 20.6. The van der Waals surface area contributed by atoms with Gasteiger partial charge in [-0.2, -0.15) is 0 Å². The Morgan fingerprint density at radius 1 is 1.24 bits per heavy atom. The van der Waals surface area contributed by atoms with E-state index in [-0.39, 0.29) is 22.8 Å². The molecule has 29 heavy (non-hydrogen) atoms. The molecule has 1 aromatic carbocycles. The van der Waals surface area contributed by atoms with Crippen molar-refractivity contribution in [2.45, 2.75) is 30.8 Å². The SMILES string of the molecule is CC(=O)SCC(=O)c1ccc(NSc2ccc(OC3CCCN(C)C3)cc2)nc1. The number of pyridine rings is 1. The molecule has 0 bridgehead atoms. The van der Waals surface area contributed by atoms with Crippen molar-refractivity contribution in [3.63, 3.8) is 0 Å². The third kappa shape index (κ3) is 7.06. The van der Waals surface area contributed by atoms with Gasteiger partial charge in [0.25, 0.3) is 0 Å². The van der Waals surface area contributed by atoms with Crippen LogP contribution in [0.2, 0.25) is 0 Å². The number of ether oxygens (including phenoxy) is 1. The zero-order valence-corrected chi connectivity index (χ0v) is 18.2. The lowest BCUT2D eigenvalue weighted by Crippen LogP contribution is -2.38. The number of Topliss-reactive ketones (excluding diaryl/α,β-unsaturated/α-hetero) is 1. The van der Waals surface area contributed by atoms with Crippen LogP contribution in [0.5, 0.6) is 5.75 Å². The van der Waals surface area contributed by atoms with Gasteiger partial charge >= 0.3 is 0 Å². The summed E-state index contributed by atoms with van der Waals surface area (Å²) in [5.74, 6) is 1.59. The maximum atomic E-state index is 12.0. The summed E-state index contributed by atoms with van der Waals surface area (Å²) in [6.45, 7) is 3.56. The number of nitrogens with one attached hydrogen (secondary N) is 1. The highest BCUT2D eigenvalue weighted by atomic mass is 32.2. The van der Waals surface area contributed by atoms with Gasteiger partial charge in [-0.05, 0) is 74.8 Å². The first-order valence-corrected chi connectivity index (χ1v) is 11.3. The Morgan fingerprint density at radius 3 is 2.69 bits per heavy atom. The van der Waals surface area contributed by atoms with Crippen LogP contribution in [-0.2, 0) is 4.79 Å². The predicted octanol–water partition coefficient (Wildman–Crippen LogP) is 4.14. The van der Waals surface area contributed by atoms with E-state index >= 15 is 0 Å². The zero-order valence-electron chi connectivity index (χ0n) is 16.6. The molecule has 1 saturated heterocycles. The second kappa shape index (κ2) is 10.7. The number of carbonyl (C=O) groups is 2. The smallest absolute Gasteiger partial charge is 0.186 e. The summed E-state index contributed by atoms with van der Waals surface area (Å²) >= 11 is 2.46. The van der Waals surface area contributed by atoms with Crippen LogP contribution in [0.25, 0.3) is 0 Å². The molecule has 154 valence electrons. The van der Waals surface area contributed by atoms with Crippen molar-refractivity contribution in [1.29, 1.82) is 0 Å². The van der Waals surface area contributed by atoms with Crippen molar-refractivity contribution in [3.8, 4) is 5.75 Å². The highest BCUT2D eigenvalue weighted by Crippen LogP contribution is 2.24. The summed E-state index contributed by atoms with van der Waals surface area (Å²) in [5.41, 5.74) is 0.504. The Balaban J connectivity index is 1.47. The van der Waals surface area contributed by atoms with Crippen molar-refractivity contribution >= 4 is 40.4 Å². The highest BCUT2D eigenvalue weighted by molar-refractivity contribution is 8.14. The van der Waals surface area contributed by atoms with Crippen molar-refractivity contribution < 1.29 is 14.3 Å². The summed E-state index contributed by atoms with van der Waals surface area (Å²) in [6.07, 6.45) is 4.06. The summed E-state index contributed by atoms with van der Waals surface area (Å²) in [4.78, 5) is 30.5. The van der Waals surface area contributed by atoms with Gasteiger partial charge in [0.2, 0.25) is 0 Å². The first-order chi connectivity index (χ1) is 14.0. The molecule has 6 nitrogen and oxygen atoms in total. The minimum Gasteiger partial charge on any atom is -0.489 e. The second-order valence-corrected chi connectivity index (χ2v) is 8.99. The molecule has 0 spiro atoms. The molecular formula is C21H25N3O3S2. The number of nitrogens with zero attached hydrogens (tertiary/aromatic N) is 2. The maximum Gasteiger partial charge on any atom is 0.186 e. The van der Waals surface area contributed by atoms with Crippen molar-refractivity contribution in [2.24, 2.45) is 0 Å². The van der Waals surface area contributed by atoms with Gasteiger partial charge in [0, 0.05) is 30.1 Å². The number of piperidine rings is 1. The summed E-state index contributed by atoms with van der Waals surface area (Å²) < 4.78 is 9.25. The van der Waals surface area contributed by atoms with E-state index in [9.17, 15) is 9.59 Å². The molecule has 1 aliphatic rings. The molecule has 0 radical (unpaired) electrons. The van der Waals surface area contributed by atoms with Crippen LogP contribution in [0, 0.1) is 0 Å². The van der Waals surface area contributed by atoms with Crippen LogP contribution in [0.15, 0.2) is 47.5 Å². The fourth-order valence-electron chi connectivity index (χ4n) is 2.97. The number of rotatable bonds is 8. The number of anilines is 1. The number of likely N-dealkylation sites (N-methyl/N-ethyl adjacent to an activating group) is 1. The van der Waals surface area contributed by atoms with Gasteiger partial charge in [-0.1, -0.05) is 11.8 Å². The van der Waals surface area contributed by atoms with Crippen LogP contribution < -0.4 is 9.46 Å². The van der Waals surface area contributed by atoms with Crippen LogP contribution in [0.1, 0.15) is 30.1 Å². The third-order valence-corrected chi connectivity index (χ3v) is 6.11. The Hall–Kier alpha value is -2.03. The average Bonchev–Trinajstić information content (AvgIpc) is 2.72. The fourth-order valence-corrected chi connectivity index (χ4v) is 4.09. The third-order valence-electron chi connectivity index (χ3n) is 4.47. The van der Waals surface area contributed by atoms with Gasteiger partial charge in [0.1, 0.15) is 17.7 Å². The topological polar surface area (TPSA) is 71.5 Å². The number of thioether (sulfide) groups is 1. The monoisotopic (exact) mass is 431 g/mol. The van der Waals surface area contributed by atoms with E-state index in [0.29, 0.717) is 11.4 Å². The Kier molecular flexibility index (Phi) is 7.97. The van der Waals surface area contributed by atoms with Crippen LogP contribution >= 0.6 is 23.7 Å². The summed E-state index contributed by atoms with van der Waals surface area (Å²) in [6, 6.07) is 11.5. The van der Waals surface area contributed by atoms with Gasteiger partial charge in [-0.15, -0.1) is 0 Å². The van der Waals surface area contributed by atoms with Crippen molar-refractivity contribution in [1.82, 2.24) is 9.88 Å². The fraction of sp³-hybridized carbons (Fsp3) is 0.381. The normalized spacial score (nSPS) is 17.0. The lowest BCUT2D eigenvalue weighted by atomic mass is 10.1. The molecule has 1 atom stereocenters. The molecule has 1 fully saturated rings. The number of hydrogen-bond donors (Lipinski definition) is 1. The number of hydrogen-bond acceptors (Lipinski definition) is 8. The molecule has 0 aliphatic carbocycles. The summed E-state index contributed by atoms with van der Waals surface area (Å²) in [7, 11) is 2.13. The Morgan fingerprint density at radius 2 is 2.03 bits per heavy atom. The first-order valence-electron chi connectivity index (χ1n) is 9.50. The van der Waals surface area contributed by atoms with E-state index in [1.54, 1.807) is 12.1 Å². The van der Waals surface area contributed by atoms with Gasteiger partial charge in [0.05, 0.1) is 5.75 Å². The molecule has 2 aromatic rings. The molecular weight excluding hydrogens is 406 g/mol. The van der Waals surface area contributed by atoms with Gasteiger partial charge in [-0.25, -0.2) is 4.98 Å². The molecule has 0 saturated carbocycles. The van der Waals surface area contributed by atoms with Crippen molar-refractivity contribution in [3.05, 3.63) is 48.2 Å². The number of likely N-dealkylation sites (tertiary alicyclic amines) is 1. The molecule has 1 aromatic heterocycles. The van der Waals surface area contributed by atoms with Crippen LogP contribution in [0.3, 0.4) is 0 Å². The van der Waals surface area contributed by atoms with Gasteiger partial charge < -0.3 is 14.4 Å². The van der Waals surface area contributed by atoms with E-state index in [1.165, 1.54) is 31.5 Å². The summed E-state index contributed by atoms with van der Waals surface area (Å²) in [5, 5.41) is -0.0662. The number of aromatic nitrogens is 1. The maximum absolute atomic E-state index is 12.0. The Bertz CT molecular complexity index is 828. The number of ketones is 1. The average molecular weight is 432 g/mol. The number of benzene rings is 1. The molecule has 3 rings (SSSR count). The Labute approximate surface area is 179 Å². The van der Waals surface area contributed by atoms with E-state index in [1.807, 2.05) is 24.3 Å². The van der Waals surface area contributed by atoms with Gasteiger partial charge in [-0.3, -0.25) is 9.59 Å². The molecule has 0 amide bonds. The van der Waals surface area contributed by atoms with E-state index in [2.05, 4.69) is 21.7 Å². The molecule has 1 unspecified atom stereocenters. The van der Waals surface area contributed by atoms with Gasteiger partial charge in [0.15, 0.2) is 10.9 Å². The predicted molar refractivity (Wildman–Crippen MR) is 119 cm³/mol. The minimum absolute atomic E-state index is 0.0662. The van der Waals surface area contributed by atoms with E-state index in [0.717, 1.165) is 41.9 Å². The highest BCUT2D eigenvalue weighted by Gasteiger charge is 2.18. The lowest BCUT2D eigenvalue weighted by Gasteiger charge is -2.30. The van der Waals surface area contributed by atoms with Crippen molar-refractivity contribution in [2.75, 3.05) is 30.6 Å². The van der Waals surface area contributed by atoms with E-state index in [4.69, 9.17) is 4.74 Å². The second-order valence-electron chi connectivity index (χ2n) is 6.96. The minimum atomic E-state index is -0.100. The largest absolute Gasteiger partial charge is 0.489 e. The number of carbonyl (C=O) groups excluding carboxylic acids is 2. The molecule has 2 heterocycles. The lowest BCUT2D eigenvalue weighted by molar-refractivity contribution is -0.109. The van der Waals surface area contributed by atoms with Crippen LogP contribution in [0.4, 0.5) is 5.82 Å². The first kappa shape index (κ1) is 21.7. The molecule has 8 heteroatoms. The quantitative estimate of drug-likeness (QED) is 0.494. The van der Waals surface area contributed by atoms with E-state index < -0.39 is 0 Å². The molecule has 1 aliphatic heterocycles. The standard InChI is InChI=1S/C21H25N3O3S2/c1-15(25)28-14-20(26)16-5-10-21(22-12-16)23-29-19-8-6-17(7-9-19)27-18-4-3-11-24(2)13-18/h5-10,12,18H,3-4,11,13-14H2,1-2H3,(H,22,23). The van der Waals surface area contributed by atoms with Crippen LogP contribution in [-0.4, -0.2) is 52.8 Å². The molecule has 1 N–H and O–H groups in total.